The maximum atomic E-state index is 13.1. The summed E-state index contributed by atoms with van der Waals surface area (Å²) in [5, 5.41) is 0. The largest absolute Gasteiger partial charge is 0.327 e. The highest BCUT2D eigenvalue weighted by molar-refractivity contribution is 5.85. The summed E-state index contributed by atoms with van der Waals surface area (Å²) >= 11 is 0. The van der Waals surface area contributed by atoms with Crippen LogP contribution in [0.5, 0.6) is 0 Å². The molecule has 0 aromatic heterocycles. The van der Waals surface area contributed by atoms with E-state index >= 15 is 0 Å². The van der Waals surface area contributed by atoms with Crippen LogP contribution in [-0.2, 0) is 6.42 Å². The quantitative estimate of drug-likeness (QED) is 0.835. The van der Waals surface area contributed by atoms with Gasteiger partial charge in [-0.1, -0.05) is 13.0 Å². The fourth-order valence-electron chi connectivity index (χ4n) is 1.11. The summed E-state index contributed by atoms with van der Waals surface area (Å²) in [7, 11) is 0. The van der Waals surface area contributed by atoms with Gasteiger partial charge < -0.3 is 5.73 Å². The molecule has 0 saturated heterocycles. The molecule has 1 atom stereocenters. The average molecular weight is 222 g/mol. The summed E-state index contributed by atoms with van der Waals surface area (Å²) in [6.45, 7) is 1.94. The topological polar surface area (TPSA) is 26.0 Å². The molecule has 0 bridgehead atoms. The van der Waals surface area contributed by atoms with Gasteiger partial charge in [0.15, 0.2) is 0 Å². The lowest BCUT2D eigenvalue weighted by Gasteiger charge is -2.08. The van der Waals surface area contributed by atoms with Gasteiger partial charge >= 0.3 is 0 Å². The molecule has 1 aromatic rings. The zero-order chi connectivity index (χ0) is 9.84. The van der Waals surface area contributed by atoms with Crippen LogP contribution in [0.1, 0.15) is 18.9 Å². The molecule has 2 N–H and O–H groups in total. The molecule has 0 aliphatic heterocycles. The predicted octanol–water partition coefficient (Wildman–Crippen LogP) is 2.67. The van der Waals surface area contributed by atoms with Gasteiger partial charge in [0.1, 0.15) is 11.6 Å². The van der Waals surface area contributed by atoms with Crippen LogP contribution in [0.4, 0.5) is 8.78 Å². The van der Waals surface area contributed by atoms with E-state index in [1.807, 2.05) is 6.92 Å². The molecule has 0 aliphatic carbocycles. The lowest BCUT2D eigenvalue weighted by atomic mass is 10.0. The second-order valence-electron chi connectivity index (χ2n) is 3.11. The van der Waals surface area contributed by atoms with Crippen molar-refractivity contribution >= 4 is 12.4 Å². The highest BCUT2D eigenvalue weighted by Crippen LogP contribution is 2.11. The summed E-state index contributed by atoms with van der Waals surface area (Å²) in [5.41, 5.74) is 6.13. The van der Waals surface area contributed by atoms with Gasteiger partial charge in [-0.2, -0.15) is 0 Å². The van der Waals surface area contributed by atoms with Gasteiger partial charge in [-0.3, -0.25) is 0 Å². The smallest absolute Gasteiger partial charge is 0.129 e. The zero-order valence-electron chi connectivity index (χ0n) is 7.97. The Morgan fingerprint density at radius 1 is 1.36 bits per heavy atom. The standard InChI is InChI=1S/C10H13F2N.ClH/c1-2-9(13)5-7-3-4-8(11)6-10(7)12;/h3-4,6,9H,2,5,13H2,1H3;1H. The number of nitrogens with two attached hydrogens (primary N) is 1. The Labute approximate surface area is 88.7 Å². The fourth-order valence-corrected chi connectivity index (χ4v) is 1.11. The molecule has 80 valence electrons. The molecule has 1 unspecified atom stereocenters. The number of hydrogen-bond acceptors (Lipinski definition) is 1. The maximum absolute atomic E-state index is 13.1. The first-order chi connectivity index (χ1) is 6.13. The first-order valence-corrected chi connectivity index (χ1v) is 4.33. The Kier molecular flexibility index (Phi) is 5.65. The number of benzene rings is 1. The zero-order valence-corrected chi connectivity index (χ0v) is 8.78. The molecule has 0 amide bonds. The van der Waals surface area contributed by atoms with Gasteiger partial charge in [-0.15, -0.1) is 12.4 Å². The minimum atomic E-state index is -0.550. The monoisotopic (exact) mass is 221 g/mol. The van der Waals surface area contributed by atoms with E-state index in [1.165, 1.54) is 12.1 Å². The second kappa shape index (κ2) is 5.94. The molecule has 0 saturated carbocycles. The molecule has 0 heterocycles. The van der Waals surface area contributed by atoms with Crippen molar-refractivity contribution in [3.05, 3.63) is 35.4 Å². The highest BCUT2D eigenvalue weighted by atomic mass is 35.5. The van der Waals surface area contributed by atoms with Crippen LogP contribution in [0.25, 0.3) is 0 Å². The van der Waals surface area contributed by atoms with E-state index in [-0.39, 0.29) is 18.4 Å². The van der Waals surface area contributed by atoms with Crippen molar-refractivity contribution < 1.29 is 8.78 Å². The maximum Gasteiger partial charge on any atom is 0.129 e. The predicted molar refractivity (Wildman–Crippen MR) is 55.6 cm³/mol. The van der Waals surface area contributed by atoms with Crippen LogP contribution in [0.3, 0.4) is 0 Å². The van der Waals surface area contributed by atoms with Gasteiger partial charge in [-0.05, 0) is 24.5 Å². The molecule has 0 radical (unpaired) electrons. The van der Waals surface area contributed by atoms with Crippen LogP contribution in [-0.4, -0.2) is 6.04 Å². The first-order valence-electron chi connectivity index (χ1n) is 4.33. The van der Waals surface area contributed by atoms with E-state index < -0.39 is 11.6 Å². The van der Waals surface area contributed by atoms with E-state index in [2.05, 4.69) is 0 Å². The van der Waals surface area contributed by atoms with Crippen molar-refractivity contribution in [3.63, 3.8) is 0 Å². The van der Waals surface area contributed by atoms with Crippen molar-refractivity contribution in [1.29, 1.82) is 0 Å². The van der Waals surface area contributed by atoms with Gasteiger partial charge in [0.25, 0.3) is 0 Å². The lowest BCUT2D eigenvalue weighted by molar-refractivity contribution is 0.556. The molecule has 1 nitrogen and oxygen atoms in total. The minimum absolute atomic E-state index is 0. The third kappa shape index (κ3) is 3.60. The number of rotatable bonds is 3. The summed E-state index contributed by atoms with van der Waals surface area (Å²) in [6.07, 6.45) is 1.25. The molecule has 14 heavy (non-hydrogen) atoms. The Morgan fingerprint density at radius 3 is 2.50 bits per heavy atom. The SMILES string of the molecule is CCC(N)Cc1ccc(F)cc1F.Cl. The van der Waals surface area contributed by atoms with Crippen molar-refractivity contribution in [2.24, 2.45) is 5.73 Å². The average Bonchev–Trinajstić information content (AvgIpc) is 2.09. The third-order valence-electron chi connectivity index (χ3n) is 2.02. The van der Waals surface area contributed by atoms with Crippen LogP contribution in [0, 0.1) is 11.6 Å². The molecule has 0 aliphatic rings. The van der Waals surface area contributed by atoms with Crippen LogP contribution in [0.2, 0.25) is 0 Å². The highest BCUT2D eigenvalue weighted by Gasteiger charge is 2.07. The molecular formula is C10H14ClF2N. The first kappa shape index (κ1) is 13.3. The number of hydrogen-bond donors (Lipinski definition) is 1. The van der Waals surface area contributed by atoms with Crippen molar-refractivity contribution in [2.75, 3.05) is 0 Å². The molecular weight excluding hydrogens is 208 g/mol. The Balaban J connectivity index is 0.00000169. The molecule has 1 rings (SSSR count). The van der Waals surface area contributed by atoms with Gasteiger partial charge in [0.2, 0.25) is 0 Å². The summed E-state index contributed by atoms with van der Waals surface area (Å²) < 4.78 is 25.5. The van der Waals surface area contributed by atoms with Crippen LogP contribution >= 0.6 is 12.4 Å². The Morgan fingerprint density at radius 2 is 2.00 bits per heavy atom. The van der Waals surface area contributed by atoms with Gasteiger partial charge in [-0.25, -0.2) is 8.78 Å². The minimum Gasteiger partial charge on any atom is -0.327 e. The fraction of sp³-hybridized carbons (Fsp3) is 0.400. The summed E-state index contributed by atoms with van der Waals surface area (Å²) in [6, 6.07) is 3.53. The van der Waals surface area contributed by atoms with E-state index in [9.17, 15) is 8.78 Å². The molecule has 4 heteroatoms. The van der Waals surface area contributed by atoms with E-state index in [4.69, 9.17) is 5.73 Å². The van der Waals surface area contributed by atoms with Crippen LogP contribution in [0.15, 0.2) is 18.2 Å². The summed E-state index contributed by atoms with van der Waals surface area (Å²) in [4.78, 5) is 0. The number of halogens is 3. The Bertz CT molecular complexity index is 291. The molecule has 0 spiro atoms. The Hall–Kier alpha value is -0.670. The third-order valence-corrected chi connectivity index (χ3v) is 2.02. The van der Waals surface area contributed by atoms with Crippen molar-refractivity contribution in [2.45, 2.75) is 25.8 Å². The van der Waals surface area contributed by atoms with E-state index in [0.717, 1.165) is 12.5 Å². The van der Waals surface area contributed by atoms with E-state index in [0.29, 0.717) is 12.0 Å². The molecule has 1 aromatic carbocycles. The van der Waals surface area contributed by atoms with Crippen molar-refractivity contribution in [1.82, 2.24) is 0 Å². The normalized spacial score (nSPS) is 12.0. The van der Waals surface area contributed by atoms with Gasteiger partial charge in [0.05, 0.1) is 0 Å². The van der Waals surface area contributed by atoms with Gasteiger partial charge in [0, 0.05) is 12.1 Å². The van der Waals surface area contributed by atoms with Crippen molar-refractivity contribution in [3.8, 4) is 0 Å². The summed E-state index contributed by atoms with van der Waals surface area (Å²) in [5.74, 6) is -1.06. The lowest BCUT2D eigenvalue weighted by Crippen LogP contribution is -2.21. The van der Waals surface area contributed by atoms with E-state index in [1.54, 1.807) is 0 Å². The second-order valence-corrected chi connectivity index (χ2v) is 3.11. The molecule has 0 fully saturated rings. The van der Waals surface area contributed by atoms with Crippen LogP contribution < -0.4 is 5.73 Å².